The van der Waals surface area contributed by atoms with Crippen LogP contribution in [-0.2, 0) is 0 Å². The molecule has 5 rings (SSSR count). The van der Waals surface area contributed by atoms with Gasteiger partial charge in [-0.25, -0.2) is 9.98 Å². The van der Waals surface area contributed by atoms with E-state index in [2.05, 4.69) is 15.3 Å². The molecule has 0 fully saturated rings. The van der Waals surface area contributed by atoms with Gasteiger partial charge in [-0.2, -0.15) is 0 Å². The van der Waals surface area contributed by atoms with E-state index >= 15 is 0 Å². The molecule has 0 saturated heterocycles. The molecular weight excluding hydrogens is 489 g/mol. The molecule has 0 aliphatic heterocycles. The average molecular weight is 506 g/mol. The Morgan fingerprint density at radius 3 is 2.56 bits per heavy atom. The highest BCUT2D eigenvalue weighted by Gasteiger charge is 2.17. The maximum absolute atomic E-state index is 13.3. The van der Waals surface area contributed by atoms with Gasteiger partial charge in [-0.1, -0.05) is 71.2 Å². The second kappa shape index (κ2) is 9.43. The van der Waals surface area contributed by atoms with Gasteiger partial charge in [0.05, 0.1) is 16.4 Å². The number of rotatable bonds is 4. The summed E-state index contributed by atoms with van der Waals surface area (Å²) < 4.78 is 5.99. The fourth-order valence-corrected chi connectivity index (χ4v) is 4.64. The Morgan fingerprint density at radius 1 is 1.03 bits per heavy atom. The van der Waals surface area contributed by atoms with Gasteiger partial charge in [0.15, 0.2) is 10.7 Å². The third-order valence-electron chi connectivity index (χ3n) is 5.07. The molecule has 0 unspecified atom stereocenters. The van der Waals surface area contributed by atoms with Crippen LogP contribution in [-0.4, -0.2) is 10.9 Å². The molecule has 34 heavy (non-hydrogen) atoms. The van der Waals surface area contributed by atoms with Crippen LogP contribution in [0.5, 0.6) is 0 Å². The standard InChI is InChI=1S/C26H17Cl2N3O2S/c1-15-7-9-16(10-8-15)22-14-34-26(30-22)31-24(32)20-12-17-11-18(27)13-21(28)23(17)33-25(20)29-19-5-3-2-4-6-19/h2-14H,1H3,(H,30,31,32). The summed E-state index contributed by atoms with van der Waals surface area (Å²) in [6, 6.07) is 22.2. The van der Waals surface area contributed by atoms with E-state index in [-0.39, 0.29) is 11.1 Å². The monoisotopic (exact) mass is 505 g/mol. The number of aromatic nitrogens is 1. The molecule has 0 bridgehead atoms. The summed E-state index contributed by atoms with van der Waals surface area (Å²) in [4.78, 5) is 22.4. The second-order valence-corrected chi connectivity index (χ2v) is 9.28. The molecule has 1 amide bonds. The van der Waals surface area contributed by atoms with Crippen LogP contribution in [0.2, 0.25) is 10.0 Å². The van der Waals surface area contributed by atoms with Crippen molar-refractivity contribution in [3.8, 4) is 11.3 Å². The molecular formula is C26H17Cl2N3O2S. The number of carbonyl (C=O) groups is 1. The fraction of sp³-hybridized carbons (Fsp3) is 0.0385. The van der Waals surface area contributed by atoms with Crippen LogP contribution in [0, 0.1) is 6.92 Å². The van der Waals surface area contributed by atoms with E-state index < -0.39 is 5.91 Å². The van der Waals surface area contributed by atoms with Crippen molar-refractivity contribution in [1.29, 1.82) is 0 Å². The lowest BCUT2D eigenvalue weighted by Crippen LogP contribution is -2.21. The summed E-state index contributed by atoms with van der Waals surface area (Å²) in [5, 5.41) is 6.60. The summed E-state index contributed by atoms with van der Waals surface area (Å²) in [5.74, 6) is -0.402. The van der Waals surface area contributed by atoms with Gasteiger partial charge in [0, 0.05) is 21.4 Å². The lowest BCUT2D eigenvalue weighted by atomic mass is 10.1. The Labute approximate surface area is 209 Å². The first-order valence-corrected chi connectivity index (χ1v) is 12.0. The Bertz CT molecular complexity index is 1580. The molecule has 0 spiro atoms. The van der Waals surface area contributed by atoms with E-state index in [0.717, 1.165) is 11.3 Å². The molecule has 0 atom stereocenters. The number of aryl methyl sites for hydroxylation is 1. The zero-order chi connectivity index (χ0) is 23.7. The van der Waals surface area contributed by atoms with Gasteiger partial charge in [-0.15, -0.1) is 11.3 Å². The zero-order valence-corrected chi connectivity index (χ0v) is 20.2. The molecule has 168 valence electrons. The van der Waals surface area contributed by atoms with E-state index in [1.54, 1.807) is 18.2 Å². The number of hydrogen-bond acceptors (Lipinski definition) is 5. The third-order valence-corrected chi connectivity index (χ3v) is 6.33. The number of amides is 1. The van der Waals surface area contributed by atoms with E-state index in [1.807, 2.05) is 66.9 Å². The predicted molar refractivity (Wildman–Crippen MR) is 138 cm³/mol. The van der Waals surface area contributed by atoms with Crippen molar-refractivity contribution in [2.24, 2.45) is 4.99 Å². The van der Waals surface area contributed by atoms with Gasteiger partial charge >= 0.3 is 0 Å². The smallest absolute Gasteiger partial charge is 0.262 e. The van der Waals surface area contributed by atoms with Gasteiger partial charge in [0.25, 0.3) is 5.91 Å². The molecule has 0 aliphatic carbocycles. The molecule has 5 aromatic rings. The maximum Gasteiger partial charge on any atom is 0.262 e. The average Bonchev–Trinajstić information content (AvgIpc) is 3.28. The van der Waals surface area contributed by atoms with Crippen LogP contribution in [0.1, 0.15) is 15.9 Å². The summed E-state index contributed by atoms with van der Waals surface area (Å²) >= 11 is 13.9. The van der Waals surface area contributed by atoms with Crippen LogP contribution >= 0.6 is 34.5 Å². The number of carbonyl (C=O) groups excluding carboxylic acids is 1. The highest BCUT2D eigenvalue weighted by molar-refractivity contribution is 7.14. The van der Waals surface area contributed by atoms with Crippen LogP contribution in [0.3, 0.4) is 0 Å². The van der Waals surface area contributed by atoms with E-state index in [1.165, 1.54) is 16.9 Å². The van der Waals surface area contributed by atoms with Gasteiger partial charge in [0.1, 0.15) is 5.56 Å². The van der Waals surface area contributed by atoms with Crippen molar-refractivity contribution in [1.82, 2.24) is 4.98 Å². The van der Waals surface area contributed by atoms with E-state index in [4.69, 9.17) is 27.6 Å². The SMILES string of the molecule is Cc1ccc(-c2csc(NC(=O)c3cc4cc(Cl)cc(Cl)c4oc3=Nc3ccccc3)n2)cc1. The van der Waals surface area contributed by atoms with Crippen molar-refractivity contribution in [3.63, 3.8) is 0 Å². The normalized spacial score (nSPS) is 11.7. The first-order chi connectivity index (χ1) is 16.5. The number of fused-ring (bicyclic) bond motifs is 1. The zero-order valence-electron chi connectivity index (χ0n) is 17.9. The number of halogens is 2. The number of nitrogens with zero attached hydrogens (tertiary/aromatic N) is 2. The number of para-hydroxylation sites is 1. The predicted octanol–water partition coefficient (Wildman–Crippen LogP) is 7.66. The number of benzene rings is 3. The van der Waals surface area contributed by atoms with E-state index in [9.17, 15) is 4.79 Å². The Balaban J connectivity index is 1.55. The number of hydrogen-bond donors (Lipinski definition) is 1. The largest absolute Gasteiger partial charge is 0.436 e. The Morgan fingerprint density at radius 2 is 1.79 bits per heavy atom. The highest BCUT2D eigenvalue weighted by Crippen LogP contribution is 2.29. The van der Waals surface area contributed by atoms with Crippen molar-refractivity contribution in [2.45, 2.75) is 6.92 Å². The van der Waals surface area contributed by atoms with Crippen LogP contribution < -0.4 is 10.9 Å². The lowest BCUT2D eigenvalue weighted by molar-refractivity contribution is 0.102. The molecule has 2 heterocycles. The van der Waals surface area contributed by atoms with Gasteiger partial charge in [0.2, 0.25) is 5.55 Å². The third kappa shape index (κ3) is 4.75. The van der Waals surface area contributed by atoms with Gasteiger partial charge in [-0.05, 0) is 37.3 Å². The summed E-state index contributed by atoms with van der Waals surface area (Å²) in [7, 11) is 0. The van der Waals surface area contributed by atoms with Crippen molar-refractivity contribution >= 4 is 62.2 Å². The molecule has 8 heteroatoms. The van der Waals surface area contributed by atoms with Crippen LogP contribution in [0.15, 0.2) is 87.6 Å². The van der Waals surface area contributed by atoms with Crippen LogP contribution in [0.25, 0.3) is 22.2 Å². The molecule has 0 radical (unpaired) electrons. The lowest BCUT2D eigenvalue weighted by Gasteiger charge is -2.07. The molecule has 3 aromatic carbocycles. The minimum Gasteiger partial charge on any atom is -0.436 e. The molecule has 0 aliphatic rings. The van der Waals surface area contributed by atoms with E-state index in [0.29, 0.717) is 31.8 Å². The number of anilines is 1. The molecule has 2 aromatic heterocycles. The summed E-state index contributed by atoms with van der Waals surface area (Å²) in [5.41, 5.74) is 4.34. The summed E-state index contributed by atoms with van der Waals surface area (Å²) in [6.45, 7) is 2.03. The minimum absolute atomic E-state index is 0.135. The Kier molecular flexibility index (Phi) is 6.20. The number of thiazole rings is 1. The first kappa shape index (κ1) is 22.3. The number of nitrogens with one attached hydrogen (secondary N) is 1. The second-order valence-electron chi connectivity index (χ2n) is 7.58. The first-order valence-electron chi connectivity index (χ1n) is 10.3. The van der Waals surface area contributed by atoms with Crippen molar-refractivity contribution in [2.75, 3.05) is 5.32 Å². The van der Waals surface area contributed by atoms with Gasteiger partial charge < -0.3 is 4.42 Å². The van der Waals surface area contributed by atoms with Crippen molar-refractivity contribution in [3.05, 3.63) is 105 Å². The van der Waals surface area contributed by atoms with Gasteiger partial charge in [-0.3, -0.25) is 10.1 Å². The topological polar surface area (TPSA) is 67.5 Å². The quantitative estimate of drug-likeness (QED) is 0.272. The van der Waals surface area contributed by atoms with Crippen molar-refractivity contribution < 1.29 is 9.21 Å². The maximum atomic E-state index is 13.3. The van der Waals surface area contributed by atoms with Crippen LogP contribution in [0.4, 0.5) is 10.8 Å². The fourth-order valence-electron chi connectivity index (χ4n) is 3.38. The molecule has 1 N–H and O–H groups in total. The molecule has 0 saturated carbocycles. The Hall–Kier alpha value is -3.45. The minimum atomic E-state index is -0.402. The molecule has 5 nitrogen and oxygen atoms in total. The highest BCUT2D eigenvalue weighted by atomic mass is 35.5. The summed E-state index contributed by atoms with van der Waals surface area (Å²) in [6.07, 6.45) is 0.